The number of nitrogens with one attached hydrogen (secondary N) is 2. The van der Waals surface area contributed by atoms with Gasteiger partial charge in [-0.1, -0.05) is 12.1 Å². The predicted molar refractivity (Wildman–Crippen MR) is 96.1 cm³/mol. The molecule has 1 saturated heterocycles. The number of hydrogen-bond donors (Lipinski definition) is 2. The summed E-state index contributed by atoms with van der Waals surface area (Å²) in [5.41, 5.74) is 3.30. The fraction of sp³-hybridized carbons (Fsp3) is 0.526. The van der Waals surface area contributed by atoms with Crippen molar-refractivity contribution in [3.8, 4) is 0 Å². The van der Waals surface area contributed by atoms with Gasteiger partial charge in [0, 0.05) is 42.8 Å². The third-order valence-corrected chi connectivity index (χ3v) is 4.31. The average molecular weight is 329 g/mol. The lowest BCUT2D eigenvalue weighted by Gasteiger charge is -2.22. The Morgan fingerprint density at radius 3 is 2.96 bits per heavy atom. The molecular formula is C19H27N3O2. The van der Waals surface area contributed by atoms with Gasteiger partial charge < -0.3 is 15.0 Å². The van der Waals surface area contributed by atoms with E-state index in [0.29, 0.717) is 0 Å². The van der Waals surface area contributed by atoms with Crippen molar-refractivity contribution >= 4 is 17.0 Å². The van der Waals surface area contributed by atoms with Crippen molar-refractivity contribution < 1.29 is 9.53 Å². The van der Waals surface area contributed by atoms with Gasteiger partial charge in [-0.05, 0) is 51.3 Å². The minimum Gasteiger partial charge on any atom is -0.444 e. The SMILES string of the molecule is Cc1ccc2c(CN3CCC(NC(=O)OC(C)(C)C)C3)c[nH]c2c1. The van der Waals surface area contributed by atoms with E-state index in [1.54, 1.807) is 0 Å². The number of aromatic nitrogens is 1. The van der Waals surface area contributed by atoms with Gasteiger partial charge in [0.1, 0.15) is 5.60 Å². The number of ether oxygens (including phenoxy) is 1. The molecule has 1 fully saturated rings. The Labute approximate surface area is 143 Å². The fourth-order valence-corrected chi connectivity index (χ4v) is 3.24. The lowest BCUT2D eigenvalue weighted by atomic mass is 10.1. The highest BCUT2D eigenvalue weighted by Gasteiger charge is 2.26. The minimum absolute atomic E-state index is 0.160. The summed E-state index contributed by atoms with van der Waals surface area (Å²) in [5, 5.41) is 4.26. The quantitative estimate of drug-likeness (QED) is 0.905. The number of aromatic amines is 1. The van der Waals surface area contributed by atoms with E-state index < -0.39 is 5.60 Å². The van der Waals surface area contributed by atoms with Gasteiger partial charge in [0.05, 0.1) is 0 Å². The van der Waals surface area contributed by atoms with Crippen molar-refractivity contribution in [3.63, 3.8) is 0 Å². The number of H-pyrrole nitrogens is 1. The zero-order valence-corrected chi connectivity index (χ0v) is 15.0. The Morgan fingerprint density at radius 1 is 1.42 bits per heavy atom. The molecular weight excluding hydrogens is 302 g/mol. The molecule has 2 aromatic rings. The van der Waals surface area contributed by atoms with Crippen molar-refractivity contribution in [1.82, 2.24) is 15.2 Å². The lowest BCUT2D eigenvalue weighted by Crippen LogP contribution is -2.40. The van der Waals surface area contributed by atoms with E-state index in [1.165, 1.54) is 22.0 Å². The van der Waals surface area contributed by atoms with Gasteiger partial charge in [-0.15, -0.1) is 0 Å². The molecule has 5 heteroatoms. The number of carbonyl (C=O) groups is 1. The molecule has 5 nitrogen and oxygen atoms in total. The molecule has 1 aromatic carbocycles. The molecule has 2 heterocycles. The third kappa shape index (κ3) is 4.09. The Balaban J connectivity index is 1.57. The van der Waals surface area contributed by atoms with E-state index in [2.05, 4.69) is 46.5 Å². The molecule has 130 valence electrons. The van der Waals surface area contributed by atoms with Crippen LogP contribution in [0.1, 0.15) is 38.3 Å². The molecule has 0 saturated carbocycles. The molecule has 1 atom stereocenters. The summed E-state index contributed by atoms with van der Waals surface area (Å²) in [7, 11) is 0. The second kappa shape index (κ2) is 6.48. The van der Waals surface area contributed by atoms with Gasteiger partial charge >= 0.3 is 6.09 Å². The molecule has 1 aliphatic rings. The number of alkyl carbamates (subject to hydrolysis) is 1. The Morgan fingerprint density at radius 2 is 2.21 bits per heavy atom. The minimum atomic E-state index is -0.454. The second-order valence-electron chi connectivity index (χ2n) is 7.73. The van der Waals surface area contributed by atoms with Crippen LogP contribution in [0.3, 0.4) is 0 Å². The number of likely N-dealkylation sites (tertiary alicyclic amines) is 1. The smallest absolute Gasteiger partial charge is 0.407 e. The van der Waals surface area contributed by atoms with Crippen LogP contribution in [0.5, 0.6) is 0 Å². The summed E-state index contributed by atoms with van der Waals surface area (Å²) in [6, 6.07) is 6.67. The normalized spacial score (nSPS) is 18.9. The first kappa shape index (κ1) is 16.8. The number of nitrogens with zero attached hydrogens (tertiary/aromatic N) is 1. The van der Waals surface area contributed by atoms with E-state index in [0.717, 1.165) is 26.1 Å². The van der Waals surface area contributed by atoms with Crippen molar-refractivity contribution in [2.24, 2.45) is 0 Å². The number of hydrogen-bond acceptors (Lipinski definition) is 3. The largest absolute Gasteiger partial charge is 0.444 e. The standard InChI is InChI=1S/C19H27N3O2/c1-13-5-6-16-14(10-20-17(16)9-13)11-22-8-7-15(12-22)21-18(23)24-19(2,3)4/h5-6,9-10,15,20H,7-8,11-12H2,1-4H3,(H,21,23). The number of carbonyl (C=O) groups excluding carboxylic acids is 1. The zero-order valence-electron chi connectivity index (χ0n) is 15.0. The van der Waals surface area contributed by atoms with Crippen LogP contribution in [0.2, 0.25) is 0 Å². The highest BCUT2D eigenvalue weighted by molar-refractivity contribution is 5.83. The highest BCUT2D eigenvalue weighted by atomic mass is 16.6. The van der Waals surface area contributed by atoms with Crippen LogP contribution < -0.4 is 5.32 Å². The maximum absolute atomic E-state index is 11.9. The molecule has 24 heavy (non-hydrogen) atoms. The molecule has 0 aliphatic carbocycles. The van der Waals surface area contributed by atoms with Crippen molar-refractivity contribution in [3.05, 3.63) is 35.5 Å². The first-order chi connectivity index (χ1) is 11.3. The highest BCUT2D eigenvalue weighted by Crippen LogP contribution is 2.22. The molecule has 1 unspecified atom stereocenters. The fourth-order valence-electron chi connectivity index (χ4n) is 3.24. The summed E-state index contributed by atoms with van der Waals surface area (Å²) in [6.45, 7) is 10.5. The number of amides is 1. The van der Waals surface area contributed by atoms with Crippen molar-refractivity contribution in [2.75, 3.05) is 13.1 Å². The van der Waals surface area contributed by atoms with Crippen molar-refractivity contribution in [2.45, 2.75) is 52.3 Å². The van der Waals surface area contributed by atoms with Gasteiger partial charge in [0.2, 0.25) is 0 Å². The molecule has 1 aromatic heterocycles. The van der Waals surface area contributed by atoms with Crippen LogP contribution in [0.4, 0.5) is 4.79 Å². The van der Waals surface area contributed by atoms with Gasteiger partial charge in [-0.25, -0.2) is 4.79 Å². The second-order valence-corrected chi connectivity index (χ2v) is 7.73. The number of fused-ring (bicyclic) bond motifs is 1. The van der Waals surface area contributed by atoms with E-state index in [1.807, 2.05) is 20.8 Å². The summed E-state index contributed by atoms with van der Waals surface area (Å²) in [4.78, 5) is 17.6. The molecule has 0 bridgehead atoms. The van der Waals surface area contributed by atoms with Crippen molar-refractivity contribution in [1.29, 1.82) is 0 Å². The van der Waals surface area contributed by atoms with E-state index >= 15 is 0 Å². The van der Waals surface area contributed by atoms with E-state index in [4.69, 9.17) is 4.74 Å². The Hall–Kier alpha value is -2.01. The van der Waals surface area contributed by atoms with Crippen LogP contribution in [0.25, 0.3) is 10.9 Å². The summed E-state index contributed by atoms with van der Waals surface area (Å²) in [6.07, 6.45) is 2.73. The van der Waals surface area contributed by atoms with Gasteiger partial charge in [0.15, 0.2) is 0 Å². The van der Waals surface area contributed by atoms with Crippen LogP contribution in [0.15, 0.2) is 24.4 Å². The van der Waals surface area contributed by atoms with Crippen LogP contribution in [-0.2, 0) is 11.3 Å². The third-order valence-electron chi connectivity index (χ3n) is 4.31. The Bertz CT molecular complexity index is 730. The maximum atomic E-state index is 11.9. The summed E-state index contributed by atoms with van der Waals surface area (Å²) >= 11 is 0. The maximum Gasteiger partial charge on any atom is 0.407 e. The molecule has 2 N–H and O–H groups in total. The molecule has 0 radical (unpaired) electrons. The summed E-state index contributed by atoms with van der Waals surface area (Å²) in [5.74, 6) is 0. The zero-order chi connectivity index (χ0) is 17.3. The summed E-state index contributed by atoms with van der Waals surface area (Å²) < 4.78 is 5.34. The van der Waals surface area contributed by atoms with E-state index in [9.17, 15) is 4.79 Å². The van der Waals surface area contributed by atoms with E-state index in [-0.39, 0.29) is 12.1 Å². The van der Waals surface area contributed by atoms with Crippen LogP contribution in [0, 0.1) is 6.92 Å². The predicted octanol–water partition coefficient (Wildman–Crippen LogP) is 3.58. The lowest BCUT2D eigenvalue weighted by molar-refractivity contribution is 0.0506. The molecule has 1 aliphatic heterocycles. The van der Waals surface area contributed by atoms with Crippen LogP contribution >= 0.6 is 0 Å². The van der Waals surface area contributed by atoms with Crippen LogP contribution in [-0.4, -0.2) is 40.7 Å². The average Bonchev–Trinajstić information content (AvgIpc) is 3.04. The molecule has 0 spiro atoms. The first-order valence-corrected chi connectivity index (χ1v) is 8.59. The Kier molecular flexibility index (Phi) is 4.54. The molecule has 3 rings (SSSR count). The first-order valence-electron chi connectivity index (χ1n) is 8.59. The topological polar surface area (TPSA) is 57.4 Å². The number of aryl methyl sites for hydroxylation is 1. The molecule has 1 amide bonds. The monoisotopic (exact) mass is 329 g/mol. The van der Waals surface area contributed by atoms with Gasteiger partial charge in [0.25, 0.3) is 0 Å². The van der Waals surface area contributed by atoms with Gasteiger partial charge in [-0.2, -0.15) is 0 Å². The number of rotatable bonds is 3. The number of benzene rings is 1. The van der Waals surface area contributed by atoms with Gasteiger partial charge in [-0.3, -0.25) is 4.90 Å².